The fourth-order valence-electron chi connectivity index (χ4n) is 1.92. The van der Waals surface area contributed by atoms with E-state index in [-0.39, 0.29) is 5.91 Å². The number of carbonyl (C=O) groups excluding carboxylic acids is 1. The third-order valence-electron chi connectivity index (χ3n) is 2.89. The van der Waals surface area contributed by atoms with Gasteiger partial charge in [-0.25, -0.2) is 0 Å². The van der Waals surface area contributed by atoms with Crippen LogP contribution in [0.4, 0.5) is 5.69 Å². The van der Waals surface area contributed by atoms with Gasteiger partial charge in [0.1, 0.15) is 0 Å². The fraction of sp³-hybridized carbons (Fsp3) is 0.267. The Hall–Kier alpha value is -1.17. The Bertz CT molecular complexity index is 584. The minimum atomic E-state index is 0.00412. The van der Waals surface area contributed by atoms with E-state index in [2.05, 4.69) is 32.7 Å². The summed E-state index contributed by atoms with van der Waals surface area (Å²) >= 11 is 5.12. The summed E-state index contributed by atoms with van der Waals surface area (Å²) in [5.74, 6) is 0.00412. The number of nitrogens with zero attached hydrogens (tertiary/aromatic N) is 1. The van der Waals surface area contributed by atoms with Gasteiger partial charge in [0.2, 0.25) is 5.91 Å². The summed E-state index contributed by atoms with van der Waals surface area (Å²) in [6.45, 7) is 3.17. The zero-order valence-corrected chi connectivity index (χ0v) is 13.9. The predicted octanol–water partition coefficient (Wildman–Crippen LogP) is 3.89. The van der Waals surface area contributed by atoms with Crippen molar-refractivity contribution in [3.05, 3.63) is 50.6 Å². The van der Waals surface area contributed by atoms with Gasteiger partial charge in [-0.05, 0) is 60.1 Å². The second kappa shape index (κ2) is 7.02. The predicted molar refractivity (Wildman–Crippen MR) is 88.2 cm³/mol. The molecule has 0 saturated heterocycles. The Kier molecular flexibility index (Phi) is 5.34. The topological polar surface area (TPSA) is 32.3 Å². The Labute approximate surface area is 131 Å². The molecule has 3 nitrogen and oxygen atoms in total. The van der Waals surface area contributed by atoms with Crippen molar-refractivity contribution in [3.63, 3.8) is 0 Å². The molecule has 0 fully saturated rings. The lowest BCUT2D eigenvalue weighted by atomic mass is 10.2. The highest BCUT2D eigenvalue weighted by Gasteiger charge is 2.08. The monoisotopic (exact) mass is 352 g/mol. The van der Waals surface area contributed by atoms with E-state index in [4.69, 9.17) is 0 Å². The first-order valence-electron chi connectivity index (χ1n) is 6.30. The van der Waals surface area contributed by atoms with Crippen LogP contribution in [0.25, 0.3) is 0 Å². The van der Waals surface area contributed by atoms with Crippen molar-refractivity contribution in [1.29, 1.82) is 0 Å². The SMILES string of the molecule is Cc1cc(NC(=O)CN(C)Cc2ccsc2)ccc1Br. The zero-order chi connectivity index (χ0) is 14.5. The lowest BCUT2D eigenvalue weighted by Gasteiger charge is -2.15. The lowest BCUT2D eigenvalue weighted by molar-refractivity contribution is -0.117. The molecule has 0 atom stereocenters. The molecule has 0 aliphatic carbocycles. The van der Waals surface area contributed by atoms with Crippen LogP contribution in [0.2, 0.25) is 0 Å². The molecule has 0 saturated carbocycles. The van der Waals surface area contributed by atoms with Crippen molar-refractivity contribution in [2.45, 2.75) is 13.5 Å². The Morgan fingerprint density at radius 3 is 2.85 bits per heavy atom. The number of thiophene rings is 1. The number of hydrogen-bond donors (Lipinski definition) is 1. The molecule has 1 N–H and O–H groups in total. The van der Waals surface area contributed by atoms with E-state index in [1.807, 2.05) is 42.5 Å². The molecule has 0 aliphatic heterocycles. The van der Waals surface area contributed by atoms with Crippen molar-refractivity contribution in [2.75, 3.05) is 18.9 Å². The summed E-state index contributed by atoms with van der Waals surface area (Å²) in [5, 5.41) is 7.07. The lowest BCUT2D eigenvalue weighted by Crippen LogP contribution is -2.29. The summed E-state index contributed by atoms with van der Waals surface area (Å²) in [4.78, 5) is 14.0. The van der Waals surface area contributed by atoms with Crippen LogP contribution in [0.1, 0.15) is 11.1 Å². The van der Waals surface area contributed by atoms with Crippen LogP contribution in [0, 0.1) is 6.92 Å². The van der Waals surface area contributed by atoms with Crippen LogP contribution in [0.5, 0.6) is 0 Å². The van der Waals surface area contributed by atoms with Gasteiger partial charge in [0.25, 0.3) is 0 Å². The zero-order valence-electron chi connectivity index (χ0n) is 11.5. The number of halogens is 1. The van der Waals surface area contributed by atoms with Crippen LogP contribution in [0.3, 0.4) is 0 Å². The summed E-state index contributed by atoms with van der Waals surface area (Å²) < 4.78 is 1.05. The van der Waals surface area contributed by atoms with Gasteiger partial charge in [-0.15, -0.1) is 0 Å². The highest BCUT2D eigenvalue weighted by atomic mass is 79.9. The average Bonchev–Trinajstić information content (AvgIpc) is 2.86. The Morgan fingerprint density at radius 2 is 2.20 bits per heavy atom. The van der Waals surface area contributed by atoms with Crippen molar-refractivity contribution >= 4 is 38.9 Å². The van der Waals surface area contributed by atoms with Gasteiger partial charge in [-0.2, -0.15) is 11.3 Å². The molecule has 2 aromatic rings. The average molecular weight is 353 g/mol. The maximum Gasteiger partial charge on any atom is 0.238 e. The van der Waals surface area contributed by atoms with Crippen LogP contribution >= 0.6 is 27.3 Å². The normalized spacial score (nSPS) is 10.8. The maximum absolute atomic E-state index is 12.0. The minimum absolute atomic E-state index is 0.00412. The molecule has 1 heterocycles. The number of anilines is 1. The molecule has 1 aromatic heterocycles. The van der Waals surface area contributed by atoms with Gasteiger partial charge in [-0.3, -0.25) is 9.69 Å². The smallest absolute Gasteiger partial charge is 0.238 e. The first-order valence-corrected chi connectivity index (χ1v) is 8.04. The van der Waals surface area contributed by atoms with E-state index in [1.165, 1.54) is 5.56 Å². The first kappa shape index (κ1) is 15.2. The van der Waals surface area contributed by atoms with Gasteiger partial charge in [0, 0.05) is 16.7 Å². The number of amides is 1. The third kappa shape index (κ3) is 4.44. The number of nitrogens with one attached hydrogen (secondary N) is 1. The van der Waals surface area contributed by atoms with Crippen molar-refractivity contribution in [2.24, 2.45) is 0 Å². The third-order valence-corrected chi connectivity index (χ3v) is 4.51. The van der Waals surface area contributed by atoms with E-state index in [9.17, 15) is 4.79 Å². The number of carbonyl (C=O) groups is 1. The van der Waals surface area contributed by atoms with E-state index < -0.39 is 0 Å². The number of aryl methyl sites for hydroxylation is 1. The van der Waals surface area contributed by atoms with E-state index >= 15 is 0 Å². The molecular formula is C15H17BrN2OS. The fourth-order valence-corrected chi connectivity index (χ4v) is 2.82. The second-order valence-electron chi connectivity index (χ2n) is 4.82. The molecule has 0 spiro atoms. The number of likely N-dealkylation sites (N-methyl/N-ethyl adjacent to an activating group) is 1. The highest BCUT2D eigenvalue weighted by molar-refractivity contribution is 9.10. The van der Waals surface area contributed by atoms with E-state index in [0.29, 0.717) is 6.54 Å². The first-order chi connectivity index (χ1) is 9.54. The molecular weight excluding hydrogens is 336 g/mol. The summed E-state index contributed by atoms with van der Waals surface area (Å²) in [7, 11) is 1.95. The largest absolute Gasteiger partial charge is 0.325 e. The molecule has 0 aliphatic rings. The van der Waals surface area contributed by atoms with Gasteiger partial charge < -0.3 is 5.32 Å². The van der Waals surface area contributed by atoms with Gasteiger partial charge in [0.15, 0.2) is 0 Å². The maximum atomic E-state index is 12.0. The summed E-state index contributed by atoms with van der Waals surface area (Å²) in [6.07, 6.45) is 0. The van der Waals surface area contributed by atoms with Crippen LogP contribution in [-0.4, -0.2) is 24.4 Å². The molecule has 0 radical (unpaired) electrons. The van der Waals surface area contributed by atoms with Crippen LogP contribution in [-0.2, 0) is 11.3 Å². The van der Waals surface area contributed by atoms with Crippen molar-refractivity contribution in [3.8, 4) is 0 Å². The molecule has 0 unspecified atom stereocenters. The van der Waals surface area contributed by atoms with E-state index in [1.54, 1.807) is 11.3 Å². The summed E-state index contributed by atoms with van der Waals surface area (Å²) in [6, 6.07) is 7.88. The van der Waals surface area contributed by atoms with Gasteiger partial charge in [-0.1, -0.05) is 15.9 Å². The molecule has 1 aromatic carbocycles. The number of rotatable bonds is 5. The summed E-state index contributed by atoms with van der Waals surface area (Å²) in [5.41, 5.74) is 3.18. The molecule has 106 valence electrons. The van der Waals surface area contributed by atoms with Gasteiger partial charge in [0.05, 0.1) is 6.54 Å². The number of benzene rings is 1. The standard InChI is InChI=1S/C15H17BrN2OS/c1-11-7-13(3-4-14(11)16)17-15(19)9-18(2)8-12-5-6-20-10-12/h3-7,10H,8-9H2,1-2H3,(H,17,19). The minimum Gasteiger partial charge on any atom is -0.325 e. The van der Waals surface area contributed by atoms with Crippen molar-refractivity contribution in [1.82, 2.24) is 4.90 Å². The van der Waals surface area contributed by atoms with Crippen molar-refractivity contribution < 1.29 is 4.79 Å². The number of hydrogen-bond acceptors (Lipinski definition) is 3. The molecule has 2 rings (SSSR count). The Balaban J connectivity index is 1.87. The molecule has 20 heavy (non-hydrogen) atoms. The molecule has 1 amide bonds. The van der Waals surface area contributed by atoms with Crippen LogP contribution in [0.15, 0.2) is 39.5 Å². The quantitative estimate of drug-likeness (QED) is 0.885. The second-order valence-corrected chi connectivity index (χ2v) is 6.45. The molecule has 0 bridgehead atoms. The highest BCUT2D eigenvalue weighted by Crippen LogP contribution is 2.20. The molecule has 5 heteroatoms. The Morgan fingerprint density at radius 1 is 1.40 bits per heavy atom. The van der Waals surface area contributed by atoms with E-state index in [0.717, 1.165) is 22.3 Å². The van der Waals surface area contributed by atoms with Gasteiger partial charge >= 0.3 is 0 Å². The van der Waals surface area contributed by atoms with Crippen LogP contribution < -0.4 is 5.32 Å².